The number of hydrogen-bond acceptors (Lipinski definition) is 2. The van der Waals surface area contributed by atoms with E-state index in [-0.39, 0.29) is 6.15 Å². The lowest BCUT2D eigenvalue weighted by Gasteiger charge is -2.17. The molecule has 0 saturated heterocycles. The second-order valence-electron chi connectivity index (χ2n) is 2.45. The molecule has 0 unspecified atom stereocenters. The SMILES string of the molecule is N.Oc1ccc2c(c1)CC2. The van der Waals surface area contributed by atoms with Crippen LogP contribution in [0.1, 0.15) is 11.1 Å². The Bertz CT molecular complexity index is 245. The van der Waals surface area contributed by atoms with Gasteiger partial charge in [0.1, 0.15) is 5.75 Å². The number of rotatable bonds is 0. The summed E-state index contributed by atoms with van der Waals surface area (Å²) in [5, 5.41) is 8.97. The minimum atomic E-state index is 0. The number of phenols is 1. The Morgan fingerprint density at radius 3 is 2.20 bits per heavy atom. The minimum absolute atomic E-state index is 0. The topological polar surface area (TPSA) is 55.2 Å². The summed E-state index contributed by atoms with van der Waals surface area (Å²) >= 11 is 0. The van der Waals surface area contributed by atoms with Crippen molar-refractivity contribution in [1.29, 1.82) is 0 Å². The van der Waals surface area contributed by atoms with Crippen LogP contribution in [-0.4, -0.2) is 5.11 Å². The number of phenolic OH excluding ortho intramolecular Hbond substituents is 1. The third-order valence-corrected chi connectivity index (χ3v) is 1.85. The largest absolute Gasteiger partial charge is 0.508 e. The van der Waals surface area contributed by atoms with Gasteiger partial charge in [0.25, 0.3) is 0 Å². The maximum atomic E-state index is 8.97. The zero-order chi connectivity index (χ0) is 6.27. The molecule has 0 aromatic heterocycles. The normalized spacial score (nSPS) is 12.8. The summed E-state index contributed by atoms with van der Waals surface area (Å²) in [5.41, 5.74) is 2.71. The van der Waals surface area contributed by atoms with E-state index in [0.29, 0.717) is 5.75 Å². The zero-order valence-electron chi connectivity index (χ0n) is 5.80. The number of hydrogen-bond donors (Lipinski definition) is 2. The Morgan fingerprint density at radius 2 is 1.80 bits per heavy atom. The molecule has 4 N–H and O–H groups in total. The first-order valence-electron chi connectivity index (χ1n) is 3.17. The van der Waals surface area contributed by atoms with Gasteiger partial charge < -0.3 is 11.3 Å². The standard InChI is InChI=1S/C8H8O.H3N/c9-8-4-3-6-1-2-7(6)5-8;/h3-5,9H,1-2H2;1H3. The molecule has 1 aromatic carbocycles. The lowest BCUT2D eigenvalue weighted by Crippen LogP contribution is -2.06. The van der Waals surface area contributed by atoms with E-state index in [2.05, 4.69) is 0 Å². The highest BCUT2D eigenvalue weighted by Crippen LogP contribution is 2.25. The first-order chi connectivity index (χ1) is 4.36. The summed E-state index contributed by atoms with van der Waals surface area (Å²) in [6.45, 7) is 0. The molecular formula is C8H11NO. The fourth-order valence-electron chi connectivity index (χ4n) is 1.18. The van der Waals surface area contributed by atoms with Crippen LogP contribution in [0.4, 0.5) is 0 Å². The molecule has 2 rings (SSSR count). The molecule has 0 aliphatic heterocycles. The summed E-state index contributed by atoms with van der Waals surface area (Å²) < 4.78 is 0. The number of benzene rings is 1. The lowest BCUT2D eigenvalue weighted by atomic mass is 9.89. The highest BCUT2D eigenvalue weighted by atomic mass is 16.3. The molecule has 0 amide bonds. The summed E-state index contributed by atoms with van der Waals surface area (Å²) in [6.07, 6.45) is 2.33. The van der Waals surface area contributed by atoms with Gasteiger partial charge in [0, 0.05) is 0 Å². The Labute approximate surface area is 60.1 Å². The van der Waals surface area contributed by atoms with Gasteiger partial charge in [-0.25, -0.2) is 0 Å². The molecule has 1 aliphatic rings. The van der Waals surface area contributed by atoms with E-state index >= 15 is 0 Å². The molecule has 2 heteroatoms. The highest BCUT2D eigenvalue weighted by Gasteiger charge is 2.11. The molecule has 10 heavy (non-hydrogen) atoms. The molecule has 0 spiro atoms. The lowest BCUT2D eigenvalue weighted by molar-refractivity contribution is 0.473. The van der Waals surface area contributed by atoms with Crippen LogP contribution in [0.2, 0.25) is 0 Å². The van der Waals surface area contributed by atoms with Crippen LogP contribution in [0.5, 0.6) is 5.75 Å². The van der Waals surface area contributed by atoms with Crippen LogP contribution in [-0.2, 0) is 12.8 Å². The van der Waals surface area contributed by atoms with Gasteiger partial charge in [0.05, 0.1) is 0 Å². The van der Waals surface area contributed by atoms with Crippen LogP contribution in [0, 0.1) is 0 Å². The minimum Gasteiger partial charge on any atom is -0.508 e. The fourth-order valence-corrected chi connectivity index (χ4v) is 1.18. The molecule has 1 aliphatic carbocycles. The van der Waals surface area contributed by atoms with Gasteiger partial charge in [-0.05, 0) is 36.1 Å². The van der Waals surface area contributed by atoms with E-state index < -0.39 is 0 Å². The molecule has 0 radical (unpaired) electrons. The van der Waals surface area contributed by atoms with Gasteiger partial charge >= 0.3 is 0 Å². The molecular weight excluding hydrogens is 126 g/mol. The van der Waals surface area contributed by atoms with Crippen LogP contribution in [0.25, 0.3) is 0 Å². The molecule has 0 bridgehead atoms. The monoisotopic (exact) mass is 137 g/mol. The van der Waals surface area contributed by atoms with E-state index in [1.165, 1.54) is 17.5 Å². The first kappa shape index (κ1) is 7.09. The van der Waals surface area contributed by atoms with Crippen LogP contribution in [0.15, 0.2) is 18.2 Å². The Hall–Kier alpha value is -1.02. The number of aromatic hydroxyl groups is 1. The average molecular weight is 137 g/mol. The maximum Gasteiger partial charge on any atom is 0.115 e. The van der Waals surface area contributed by atoms with Gasteiger partial charge in [-0.3, -0.25) is 0 Å². The van der Waals surface area contributed by atoms with Crippen molar-refractivity contribution in [3.05, 3.63) is 29.3 Å². The van der Waals surface area contributed by atoms with Crippen LogP contribution in [0.3, 0.4) is 0 Å². The average Bonchev–Trinajstić information content (AvgIpc) is 1.78. The van der Waals surface area contributed by atoms with Crippen molar-refractivity contribution in [3.8, 4) is 5.75 Å². The van der Waals surface area contributed by atoms with Crippen LogP contribution >= 0.6 is 0 Å². The van der Waals surface area contributed by atoms with E-state index in [1.54, 1.807) is 6.07 Å². The summed E-state index contributed by atoms with van der Waals surface area (Å²) in [7, 11) is 0. The third-order valence-electron chi connectivity index (χ3n) is 1.85. The second kappa shape index (κ2) is 2.31. The Kier molecular flexibility index (Phi) is 1.64. The molecule has 0 atom stereocenters. The van der Waals surface area contributed by atoms with Gasteiger partial charge in [0.15, 0.2) is 0 Å². The van der Waals surface area contributed by atoms with Gasteiger partial charge in [0.2, 0.25) is 0 Å². The molecule has 0 saturated carbocycles. The fraction of sp³-hybridized carbons (Fsp3) is 0.250. The van der Waals surface area contributed by atoms with Crippen molar-refractivity contribution in [2.45, 2.75) is 12.8 Å². The van der Waals surface area contributed by atoms with Crippen molar-refractivity contribution in [1.82, 2.24) is 6.15 Å². The quantitative estimate of drug-likeness (QED) is 0.571. The van der Waals surface area contributed by atoms with E-state index in [1.807, 2.05) is 12.1 Å². The van der Waals surface area contributed by atoms with Crippen molar-refractivity contribution in [2.24, 2.45) is 0 Å². The predicted molar refractivity (Wildman–Crippen MR) is 40.5 cm³/mol. The van der Waals surface area contributed by atoms with Crippen molar-refractivity contribution in [2.75, 3.05) is 0 Å². The number of aryl methyl sites for hydroxylation is 2. The summed E-state index contributed by atoms with van der Waals surface area (Å²) in [5.74, 6) is 0.397. The van der Waals surface area contributed by atoms with Crippen LogP contribution < -0.4 is 6.15 Å². The van der Waals surface area contributed by atoms with E-state index in [0.717, 1.165) is 6.42 Å². The molecule has 2 nitrogen and oxygen atoms in total. The van der Waals surface area contributed by atoms with Gasteiger partial charge in [-0.15, -0.1) is 0 Å². The molecule has 54 valence electrons. The summed E-state index contributed by atoms with van der Waals surface area (Å²) in [6, 6.07) is 5.59. The van der Waals surface area contributed by atoms with Gasteiger partial charge in [-0.2, -0.15) is 0 Å². The van der Waals surface area contributed by atoms with Crippen molar-refractivity contribution in [3.63, 3.8) is 0 Å². The van der Waals surface area contributed by atoms with Crippen molar-refractivity contribution < 1.29 is 5.11 Å². The van der Waals surface area contributed by atoms with E-state index in [9.17, 15) is 0 Å². The maximum absolute atomic E-state index is 8.97. The predicted octanol–water partition coefficient (Wildman–Crippen LogP) is 1.65. The smallest absolute Gasteiger partial charge is 0.115 e. The van der Waals surface area contributed by atoms with Gasteiger partial charge in [-0.1, -0.05) is 6.07 Å². The highest BCUT2D eigenvalue weighted by molar-refractivity contribution is 5.40. The molecule has 1 aromatic rings. The molecule has 0 heterocycles. The zero-order valence-corrected chi connectivity index (χ0v) is 5.80. The number of fused-ring (bicyclic) bond motifs is 1. The van der Waals surface area contributed by atoms with E-state index in [4.69, 9.17) is 5.11 Å². The second-order valence-corrected chi connectivity index (χ2v) is 2.45. The first-order valence-corrected chi connectivity index (χ1v) is 3.17. The Balaban J connectivity index is 0.000000500. The third kappa shape index (κ3) is 0.866. The Morgan fingerprint density at radius 1 is 1.10 bits per heavy atom. The molecule has 0 fully saturated rings. The summed E-state index contributed by atoms with van der Waals surface area (Å²) in [4.78, 5) is 0. The van der Waals surface area contributed by atoms with Crippen molar-refractivity contribution >= 4 is 0 Å².